The highest BCUT2D eigenvalue weighted by molar-refractivity contribution is 6.32. The molecular formula is C19H18ClN3O3. The number of nitrogens with zero attached hydrogens (tertiary/aromatic N) is 2. The predicted molar refractivity (Wildman–Crippen MR) is 99.3 cm³/mol. The van der Waals surface area contributed by atoms with E-state index < -0.39 is 0 Å². The Hall–Kier alpha value is -2.73. The summed E-state index contributed by atoms with van der Waals surface area (Å²) in [6.07, 6.45) is 4.75. The molecule has 3 heterocycles. The minimum atomic E-state index is -0.133. The zero-order valence-electron chi connectivity index (χ0n) is 14.3. The monoisotopic (exact) mass is 371 g/mol. The van der Waals surface area contributed by atoms with E-state index in [0.717, 1.165) is 23.3 Å². The highest BCUT2D eigenvalue weighted by Crippen LogP contribution is 2.38. The summed E-state index contributed by atoms with van der Waals surface area (Å²) in [7, 11) is 0. The van der Waals surface area contributed by atoms with Crippen LogP contribution >= 0.6 is 11.6 Å². The van der Waals surface area contributed by atoms with Gasteiger partial charge in [-0.05, 0) is 36.8 Å². The van der Waals surface area contributed by atoms with Gasteiger partial charge in [0, 0.05) is 18.8 Å². The maximum absolute atomic E-state index is 12.4. The largest absolute Gasteiger partial charge is 0.489 e. The second-order valence-corrected chi connectivity index (χ2v) is 6.65. The Bertz CT molecular complexity index is 984. The zero-order chi connectivity index (χ0) is 18.1. The molecule has 1 aromatic carbocycles. The summed E-state index contributed by atoms with van der Waals surface area (Å²) in [6.45, 7) is 3.07. The Morgan fingerprint density at radius 3 is 3.00 bits per heavy atom. The lowest BCUT2D eigenvalue weighted by atomic mass is 10.1. The van der Waals surface area contributed by atoms with E-state index in [-0.39, 0.29) is 12.3 Å². The lowest BCUT2D eigenvalue weighted by molar-refractivity contribution is -0.115. The molecule has 0 aliphatic carbocycles. The van der Waals surface area contributed by atoms with Crippen LogP contribution in [0.25, 0.3) is 5.65 Å². The minimum absolute atomic E-state index is 0.133. The number of amides is 1. The maximum atomic E-state index is 12.4. The van der Waals surface area contributed by atoms with Crippen LogP contribution in [0.4, 0.5) is 5.69 Å². The lowest BCUT2D eigenvalue weighted by Gasteiger charge is -2.12. The number of anilines is 1. The van der Waals surface area contributed by atoms with Crippen molar-refractivity contribution >= 4 is 28.8 Å². The Morgan fingerprint density at radius 1 is 1.27 bits per heavy atom. The molecule has 2 aromatic heterocycles. The van der Waals surface area contributed by atoms with Crippen LogP contribution in [0.3, 0.4) is 0 Å². The van der Waals surface area contributed by atoms with Gasteiger partial charge in [-0.2, -0.15) is 0 Å². The number of benzene rings is 1. The zero-order valence-corrected chi connectivity index (χ0v) is 15.0. The summed E-state index contributed by atoms with van der Waals surface area (Å²) in [5, 5.41) is 3.36. The van der Waals surface area contributed by atoms with Gasteiger partial charge >= 0.3 is 0 Å². The van der Waals surface area contributed by atoms with Crippen LogP contribution in [-0.2, 0) is 11.2 Å². The number of fused-ring (bicyclic) bond motifs is 2. The first kappa shape index (κ1) is 16.7. The molecule has 3 aromatic rings. The smallest absolute Gasteiger partial charge is 0.228 e. The van der Waals surface area contributed by atoms with E-state index in [9.17, 15) is 4.79 Å². The van der Waals surface area contributed by atoms with Crippen molar-refractivity contribution < 1.29 is 14.3 Å². The molecule has 0 atom stereocenters. The van der Waals surface area contributed by atoms with Crippen molar-refractivity contribution in [3.8, 4) is 11.5 Å². The molecule has 0 fully saturated rings. The van der Waals surface area contributed by atoms with Gasteiger partial charge in [0.2, 0.25) is 5.91 Å². The van der Waals surface area contributed by atoms with Crippen LogP contribution in [0.15, 0.2) is 36.7 Å². The molecule has 4 rings (SSSR count). The van der Waals surface area contributed by atoms with Crippen molar-refractivity contribution in [2.75, 3.05) is 18.5 Å². The van der Waals surface area contributed by atoms with Crippen molar-refractivity contribution in [3.63, 3.8) is 0 Å². The van der Waals surface area contributed by atoms with Gasteiger partial charge in [-0.1, -0.05) is 11.6 Å². The highest BCUT2D eigenvalue weighted by atomic mass is 35.5. The third-order valence-corrected chi connectivity index (χ3v) is 4.36. The van der Waals surface area contributed by atoms with E-state index in [0.29, 0.717) is 35.4 Å². The van der Waals surface area contributed by atoms with Crippen molar-refractivity contribution in [1.29, 1.82) is 0 Å². The number of hydrogen-bond acceptors (Lipinski definition) is 4. The van der Waals surface area contributed by atoms with Crippen molar-refractivity contribution in [1.82, 2.24) is 9.38 Å². The first-order valence-electron chi connectivity index (χ1n) is 8.42. The number of aromatic nitrogens is 2. The van der Waals surface area contributed by atoms with E-state index in [4.69, 9.17) is 21.1 Å². The quantitative estimate of drug-likeness (QED) is 0.763. The standard InChI is InChI=1S/C19H18ClN3O3/c1-12-10-23-11-14(3-4-17(23)21-12)22-18(24)9-13-7-15(20)19-16(8-13)25-5-2-6-26-19/h3-4,7-8,10-11H,2,5-6,9H2,1H3,(H,22,24). The molecule has 1 amide bonds. The highest BCUT2D eigenvalue weighted by Gasteiger charge is 2.17. The van der Waals surface area contributed by atoms with E-state index in [2.05, 4.69) is 10.3 Å². The van der Waals surface area contributed by atoms with Crippen molar-refractivity contribution in [3.05, 3.63) is 52.9 Å². The molecule has 0 saturated carbocycles. The van der Waals surface area contributed by atoms with Gasteiger partial charge in [0.25, 0.3) is 0 Å². The number of rotatable bonds is 3. The molecule has 0 saturated heterocycles. The third-order valence-electron chi connectivity index (χ3n) is 4.08. The van der Waals surface area contributed by atoms with Crippen molar-refractivity contribution in [2.45, 2.75) is 19.8 Å². The summed E-state index contributed by atoms with van der Waals surface area (Å²) < 4.78 is 13.2. The van der Waals surface area contributed by atoms with Crippen LogP contribution in [0.1, 0.15) is 17.7 Å². The van der Waals surface area contributed by atoms with Gasteiger partial charge in [-0.15, -0.1) is 0 Å². The molecule has 26 heavy (non-hydrogen) atoms. The molecule has 0 bridgehead atoms. The van der Waals surface area contributed by atoms with Crippen LogP contribution in [-0.4, -0.2) is 28.5 Å². The molecule has 0 spiro atoms. The van der Waals surface area contributed by atoms with Gasteiger partial charge in [-0.25, -0.2) is 4.98 Å². The Kier molecular flexibility index (Phi) is 4.42. The maximum Gasteiger partial charge on any atom is 0.228 e. The van der Waals surface area contributed by atoms with Crippen LogP contribution in [0.2, 0.25) is 5.02 Å². The fraction of sp³-hybridized carbons (Fsp3) is 0.263. The number of aryl methyl sites for hydroxylation is 1. The van der Waals surface area contributed by atoms with Crippen LogP contribution in [0.5, 0.6) is 11.5 Å². The molecule has 1 N–H and O–H groups in total. The summed E-state index contributed by atoms with van der Waals surface area (Å²) in [6, 6.07) is 7.26. The molecule has 0 unspecified atom stereocenters. The summed E-state index contributed by atoms with van der Waals surface area (Å²) in [5.74, 6) is 1.01. The number of carbonyl (C=O) groups is 1. The van der Waals surface area contributed by atoms with Crippen molar-refractivity contribution in [2.24, 2.45) is 0 Å². The Labute approximate surface area is 155 Å². The number of hydrogen-bond donors (Lipinski definition) is 1. The van der Waals surface area contributed by atoms with Gasteiger partial charge in [-0.3, -0.25) is 4.79 Å². The molecule has 1 aliphatic heterocycles. The summed E-state index contributed by atoms with van der Waals surface area (Å²) >= 11 is 6.28. The fourth-order valence-corrected chi connectivity index (χ4v) is 3.26. The summed E-state index contributed by atoms with van der Waals surface area (Å²) in [4.78, 5) is 16.8. The lowest BCUT2D eigenvalue weighted by Crippen LogP contribution is -2.14. The first-order chi connectivity index (χ1) is 12.6. The normalized spacial score (nSPS) is 13.5. The third kappa shape index (κ3) is 3.46. The van der Waals surface area contributed by atoms with E-state index in [1.165, 1.54) is 0 Å². The number of nitrogens with one attached hydrogen (secondary N) is 1. The van der Waals surface area contributed by atoms with Gasteiger partial charge < -0.3 is 19.2 Å². The Morgan fingerprint density at radius 2 is 2.12 bits per heavy atom. The van der Waals surface area contributed by atoms with Gasteiger partial charge in [0.05, 0.1) is 36.0 Å². The predicted octanol–water partition coefficient (Wildman–Crippen LogP) is 3.64. The molecular weight excluding hydrogens is 354 g/mol. The van der Waals surface area contributed by atoms with Crippen LogP contribution < -0.4 is 14.8 Å². The molecule has 0 radical (unpaired) electrons. The minimum Gasteiger partial charge on any atom is -0.489 e. The molecule has 1 aliphatic rings. The second-order valence-electron chi connectivity index (χ2n) is 6.25. The van der Waals surface area contributed by atoms with Crippen LogP contribution in [0, 0.1) is 6.92 Å². The first-order valence-corrected chi connectivity index (χ1v) is 8.79. The van der Waals surface area contributed by atoms with E-state index in [1.807, 2.05) is 41.9 Å². The average molecular weight is 372 g/mol. The van der Waals surface area contributed by atoms with Gasteiger partial charge in [0.1, 0.15) is 5.65 Å². The summed E-state index contributed by atoms with van der Waals surface area (Å²) in [5.41, 5.74) is 3.25. The Balaban J connectivity index is 1.50. The molecule has 7 heteroatoms. The number of carbonyl (C=O) groups excluding carboxylic acids is 1. The van der Waals surface area contributed by atoms with E-state index >= 15 is 0 Å². The van der Waals surface area contributed by atoms with E-state index in [1.54, 1.807) is 6.07 Å². The second kappa shape index (κ2) is 6.88. The fourth-order valence-electron chi connectivity index (χ4n) is 2.97. The topological polar surface area (TPSA) is 64.9 Å². The SMILES string of the molecule is Cc1cn2cc(NC(=O)Cc3cc(Cl)c4c(c3)OCCCO4)ccc2n1. The number of halogens is 1. The number of pyridine rings is 1. The molecule has 6 nitrogen and oxygen atoms in total. The molecule has 134 valence electrons. The number of ether oxygens (including phenoxy) is 2. The average Bonchev–Trinajstić information content (AvgIpc) is 2.79. The number of imidazole rings is 1. The van der Waals surface area contributed by atoms with Gasteiger partial charge in [0.15, 0.2) is 11.5 Å².